The van der Waals surface area contributed by atoms with Crippen LogP contribution in [0.3, 0.4) is 0 Å². The lowest BCUT2D eigenvalue weighted by Crippen LogP contribution is -1.77. The van der Waals surface area contributed by atoms with Crippen molar-refractivity contribution in [2.45, 2.75) is 0 Å². The fraction of sp³-hybridized carbons (Fsp3) is 0. The van der Waals surface area contributed by atoms with Crippen molar-refractivity contribution < 1.29 is 4.39 Å². The zero-order chi connectivity index (χ0) is 5.98. The first-order chi connectivity index (χ1) is 3.79. The van der Waals surface area contributed by atoms with Gasteiger partial charge in [0.25, 0.3) is 0 Å². The van der Waals surface area contributed by atoms with Crippen molar-refractivity contribution in [1.29, 1.82) is 0 Å². The van der Waals surface area contributed by atoms with Crippen LogP contribution in [-0.4, -0.2) is 4.98 Å². The highest BCUT2D eigenvalue weighted by Gasteiger charge is 1.87. The van der Waals surface area contributed by atoms with Crippen LogP contribution >= 0.6 is 15.9 Å². The molecule has 0 N–H and O–H groups in total. The second-order valence-corrected chi connectivity index (χ2v) is 2.14. The first-order valence-corrected chi connectivity index (χ1v) is 2.77. The van der Waals surface area contributed by atoms with Gasteiger partial charge in [-0.3, -0.25) is 0 Å². The van der Waals surface area contributed by atoms with Crippen LogP contribution in [0.25, 0.3) is 0 Å². The van der Waals surface area contributed by atoms with Gasteiger partial charge in [-0.05, 0) is 22.0 Å². The summed E-state index contributed by atoms with van der Waals surface area (Å²) in [7, 11) is 0. The van der Waals surface area contributed by atoms with E-state index in [1.807, 2.05) is 0 Å². The van der Waals surface area contributed by atoms with E-state index in [1.54, 1.807) is 0 Å². The molecule has 0 amide bonds. The molecule has 1 rings (SSSR count). The largest absolute Gasteiger partial charge is 0.227 e. The van der Waals surface area contributed by atoms with Crippen LogP contribution in [0.2, 0.25) is 0 Å². The van der Waals surface area contributed by atoms with E-state index in [2.05, 4.69) is 27.0 Å². The maximum Gasteiger partial charge on any atom is 0.220 e. The van der Waals surface area contributed by atoms with Gasteiger partial charge < -0.3 is 0 Å². The van der Waals surface area contributed by atoms with E-state index in [1.165, 1.54) is 12.3 Å². The van der Waals surface area contributed by atoms with Crippen molar-refractivity contribution in [1.82, 2.24) is 4.98 Å². The summed E-state index contributed by atoms with van der Waals surface area (Å²) < 4.78 is 12.6. The molecule has 1 aromatic rings. The fourth-order valence-corrected chi connectivity index (χ4v) is 0.538. The zero-order valence-corrected chi connectivity index (χ0v) is 5.44. The molecule has 0 saturated carbocycles. The summed E-state index contributed by atoms with van der Waals surface area (Å²) >= 11 is 3.08. The van der Waals surface area contributed by atoms with E-state index >= 15 is 0 Å². The van der Waals surface area contributed by atoms with Crippen LogP contribution in [0.1, 0.15) is 0 Å². The molecule has 0 atom stereocenters. The van der Waals surface area contributed by atoms with Crippen LogP contribution in [0, 0.1) is 12.0 Å². The van der Waals surface area contributed by atoms with Crippen LogP contribution in [0.15, 0.2) is 16.7 Å². The third-order valence-corrected chi connectivity index (χ3v) is 1.06. The van der Waals surface area contributed by atoms with Gasteiger partial charge in [-0.25, -0.2) is 4.98 Å². The van der Waals surface area contributed by atoms with Crippen LogP contribution in [0.4, 0.5) is 4.39 Å². The molecule has 41 valence electrons. The Hall–Kier alpha value is -0.440. The summed E-state index contributed by atoms with van der Waals surface area (Å²) in [6.45, 7) is 0. The normalized spacial score (nSPS) is 9.25. The Balaban J connectivity index is 3.03. The summed E-state index contributed by atoms with van der Waals surface area (Å²) in [5.74, 6) is -0.576. The lowest BCUT2D eigenvalue weighted by Gasteiger charge is -1.83. The molecule has 8 heavy (non-hydrogen) atoms. The van der Waals surface area contributed by atoms with Crippen molar-refractivity contribution in [3.05, 3.63) is 28.7 Å². The lowest BCUT2D eigenvalue weighted by molar-refractivity contribution is 0.581. The maximum absolute atomic E-state index is 11.9. The average molecular weight is 175 g/mol. The SMILES string of the molecule is Fc1[c]cc(Br)cn1. The van der Waals surface area contributed by atoms with E-state index in [9.17, 15) is 4.39 Å². The Morgan fingerprint density at radius 2 is 2.50 bits per heavy atom. The summed E-state index contributed by atoms with van der Waals surface area (Å²) in [5, 5.41) is 0. The summed E-state index contributed by atoms with van der Waals surface area (Å²) in [6, 6.07) is 3.75. The fourth-order valence-electron chi connectivity index (χ4n) is 0.321. The third-order valence-electron chi connectivity index (χ3n) is 0.630. The number of aromatic nitrogens is 1. The van der Waals surface area contributed by atoms with E-state index in [0.717, 1.165) is 4.47 Å². The molecule has 0 fully saturated rings. The van der Waals surface area contributed by atoms with Crippen molar-refractivity contribution in [3.63, 3.8) is 0 Å². The third kappa shape index (κ3) is 1.26. The Kier molecular flexibility index (Phi) is 1.58. The number of halogens is 2. The first kappa shape index (κ1) is 5.69. The molecule has 1 radical (unpaired) electrons. The molecule has 3 heteroatoms. The predicted molar refractivity (Wildman–Crippen MR) is 30.7 cm³/mol. The summed E-state index contributed by atoms with van der Waals surface area (Å²) in [6.07, 6.45) is 1.38. The highest BCUT2D eigenvalue weighted by molar-refractivity contribution is 9.10. The number of nitrogens with zero attached hydrogens (tertiary/aromatic N) is 1. The van der Waals surface area contributed by atoms with E-state index in [-0.39, 0.29) is 0 Å². The molecule has 1 heterocycles. The van der Waals surface area contributed by atoms with Gasteiger partial charge in [-0.15, -0.1) is 0 Å². The van der Waals surface area contributed by atoms with Gasteiger partial charge in [0.15, 0.2) is 0 Å². The Labute approximate surface area is 54.7 Å². The molecule has 0 aromatic carbocycles. The topological polar surface area (TPSA) is 12.9 Å². The predicted octanol–water partition coefficient (Wildman–Crippen LogP) is 1.78. The van der Waals surface area contributed by atoms with Gasteiger partial charge in [-0.1, -0.05) is 0 Å². The summed E-state index contributed by atoms with van der Waals surface area (Å²) in [4.78, 5) is 3.31. The minimum Gasteiger partial charge on any atom is -0.227 e. The second kappa shape index (κ2) is 2.22. The number of hydrogen-bond acceptors (Lipinski definition) is 1. The maximum atomic E-state index is 11.9. The van der Waals surface area contributed by atoms with Gasteiger partial charge in [0.1, 0.15) is 0 Å². The standard InChI is InChI=1S/C5H2BrFN/c6-4-1-2-5(7)8-3-4/h1,3H. The Bertz CT molecular complexity index is 151. The van der Waals surface area contributed by atoms with Gasteiger partial charge in [0, 0.05) is 16.7 Å². The lowest BCUT2D eigenvalue weighted by atomic mass is 10.5. The molecule has 0 aliphatic rings. The van der Waals surface area contributed by atoms with E-state index < -0.39 is 5.95 Å². The Morgan fingerprint density at radius 3 is 2.88 bits per heavy atom. The molecule has 0 bridgehead atoms. The van der Waals surface area contributed by atoms with Crippen molar-refractivity contribution in [2.24, 2.45) is 0 Å². The molecule has 1 nitrogen and oxygen atoms in total. The molecular weight excluding hydrogens is 173 g/mol. The summed E-state index contributed by atoms with van der Waals surface area (Å²) in [5.41, 5.74) is 0. The first-order valence-electron chi connectivity index (χ1n) is 1.98. The zero-order valence-electron chi connectivity index (χ0n) is 3.86. The molecule has 0 saturated heterocycles. The van der Waals surface area contributed by atoms with Crippen molar-refractivity contribution in [3.8, 4) is 0 Å². The monoisotopic (exact) mass is 174 g/mol. The van der Waals surface area contributed by atoms with Gasteiger partial charge in [0.2, 0.25) is 5.95 Å². The minimum atomic E-state index is -0.576. The molecule has 0 aliphatic carbocycles. The quantitative estimate of drug-likeness (QED) is 0.547. The van der Waals surface area contributed by atoms with Crippen LogP contribution in [0.5, 0.6) is 0 Å². The van der Waals surface area contributed by atoms with E-state index in [4.69, 9.17) is 0 Å². The van der Waals surface area contributed by atoms with E-state index in [0.29, 0.717) is 0 Å². The molecular formula is C5H2BrFN. The van der Waals surface area contributed by atoms with Crippen molar-refractivity contribution >= 4 is 15.9 Å². The number of rotatable bonds is 0. The molecule has 0 aliphatic heterocycles. The highest BCUT2D eigenvalue weighted by atomic mass is 79.9. The number of pyridine rings is 1. The number of hydrogen-bond donors (Lipinski definition) is 0. The molecule has 0 unspecified atom stereocenters. The van der Waals surface area contributed by atoms with Crippen LogP contribution < -0.4 is 0 Å². The highest BCUT2D eigenvalue weighted by Crippen LogP contribution is 2.04. The molecule has 1 aromatic heterocycles. The second-order valence-electron chi connectivity index (χ2n) is 1.22. The van der Waals surface area contributed by atoms with Gasteiger partial charge in [-0.2, -0.15) is 4.39 Å². The van der Waals surface area contributed by atoms with Gasteiger partial charge in [0.05, 0.1) is 0 Å². The molecule has 0 spiro atoms. The smallest absolute Gasteiger partial charge is 0.220 e. The Morgan fingerprint density at radius 1 is 1.75 bits per heavy atom. The average Bonchev–Trinajstić information content (AvgIpc) is 1.77. The van der Waals surface area contributed by atoms with Crippen LogP contribution in [-0.2, 0) is 0 Å². The van der Waals surface area contributed by atoms with Crippen molar-refractivity contribution in [2.75, 3.05) is 0 Å². The van der Waals surface area contributed by atoms with Gasteiger partial charge >= 0.3 is 0 Å². The minimum absolute atomic E-state index is 0.576.